The standard InChI is InChI=1S/C23H23N5O4S/c1-3-19(29)24-16-6-4-5-14(11-16)21(31)25-23-27-26-22(33-23)15-12-20(30)28(13-15)17-7-9-18(32-2)10-8-17/h4-11,15H,3,12-13H2,1-2H3,(H,24,29)(H,25,27,31). The fraction of sp³-hybridized carbons (Fsp3) is 0.261. The number of anilines is 3. The van der Waals surface area contributed by atoms with Gasteiger partial charge < -0.3 is 15.0 Å². The highest BCUT2D eigenvalue weighted by atomic mass is 32.1. The molecule has 0 saturated carbocycles. The molecule has 0 aliphatic carbocycles. The van der Waals surface area contributed by atoms with Crippen LogP contribution in [0, 0.1) is 0 Å². The van der Waals surface area contributed by atoms with Crippen LogP contribution in [0.2, 0.25) is 0 Å². The van der Waals surface area contributed by atoms with Crippen LogP contribution >= 0.6 is 11.3 Å². The molecule has 1 fully saturated rings. The molecule has 0 radical (unpaired) electrons. The molecule has 2 aromatic carbocycles. The first-order valence-corrected chi connectivity index (χ1v) is 11.3. The Labute approximate surface area is 194 Å². The minimum absolute atomic E-state index is 0.0110. The van der Waals surface area contributed by atoms with Gasteiger partial charge in [0.25, 0.3) is 5.91 Å². The molecular weight excluding hydrogens is 442 g/mol. The molecule has 1 aliphatic rings. The average Bonchev–Trinajstić information content (AvgIpc) is 3.45. The van der Waals surface area contributed by atoms with Crippen molar-refractivity contribution in [1.29, 1.82) is 0 Å². The maximum absolute atomic E-state index is 12.6. The summed E-state index contributed by atoms with van der Waals surface area (Å²) in [4.78, 5) is 38.5. The van der Waals surface area contributed by atoms with Gasteiger partial charge in [0.1, 0.15) is 10.8 Å². The van der Waals surface area contributed by atoms with Gasteiger partial charge >= 0.3 is 0 Å². The molecule has 33 heavy (non-hydrogen) atoms. The van der Waals surface area contributed by atoms with Gasteiger partial charge in [-0.1, -0.05) is 24.3 Å². The molecule has 170 valence electrons. The Morgan fingerprint density at radius 2 is 1.94 bits per heavy atom. The number of benzene rings is 2. The van der Waals surface area contributed by atoms with Gasteiger partial charge in [-0.05, 0) is 42.5 Å². The molecule has 1 unspecified atom stereocenters. The lowest BCUT2D eigenvalue weighted by molar-refractivity contribution is -0.117. The fourth-order valence-electron chi connectivity index (χ4n) is 3.49. The lowest BCUT2D eigenvalue weighted by Crippen LogP contribution is -2.24. The SMILES string of the molecule is CCC(=O)Nc1cccc(C(=O)Nc2nnc(C3CC(=O)N(c4ccc(OC)cc4)C3)s2)c1. The average molecular weight is 466 g/mol. The van der Waals surface area contributed by atoms with Crippen molar-refractivity contribution in [3.8, 4) is 5.75 Å². The summed E-state index contributed by atoms with van der Waals surface area (Å²) >= 11 is 1.25. The normalized spacial score (nSPS) is 15.4. The molecule has 4 rings (SSSR count). The second-order valence-corrected chi connectivity index (χ2v) is 8.49. The van der Waals surface area contributed by atoms with E-state index in [1.165, 1.54) is 11.3 Å². The number of rotatable bonds is 7. The van der Waals surface area contributed by atoms with E-state index in [1.54, 1.807) is 43.2 Å². The van der Waals surface area contributed by atoms with Crippen LogP contribution in [0.5, 0.6) is 5.75 Å². The molecule has 3 amide bonds. The second-order valence-electron chi connectivity index (χ2n) is 7.49. The molecule has 1 aliphatic heterocycles. The van der Waals surface area contributed by atoms with Gasteiger partial charge in [-0.2, -0.15) is 0 Å². The summed E-state index contributed by atoms with van der Waals surface area (Å²) < 4.78 is 5.17. The molecule has 0 bridgehead atoms. The summed E-state index contributed by atoms with van der Waals surface area (Å²) in [6.07, 6.45) is 0.678. The largest absolute Gasteiger partial charge is 0.497 e. The third-order valence-electron chi connectivity index (χ3n) is 5.25. The number of ether oxygens (including phenoxy) is 1. The van der Waals surface area contributed by atoms with E-state index in [-0.39, 0.29) is 23.6 Å². The first-order chi connectivity index (χ1) is 16.0. The van der Waals surface area contributed by atoms with Crippen molar-refractivity contribution < 1.29 is 19.1 Å². The quantitative estimate of drug-likeness (QED) is 0.550. The predicted octanol–water partition coefficient (Wildman–Crippen LogP) is 3.67. The Bertz CT molecular complexity index is 1180. The Morgan fingerprint density at radius 3 is 2.67 bits per heavy atom. The highest BCUT2D eigenvalue weighted by Gasteiger charge is 2.34. The van der Waals surface area contributed by atoms with Crippen molar-refractivity contribution in [3.63, 3.8) is 0 Å². The molecular formula is C23H23N5O4S. The zero-order valence-electron chi connectivity index (χ0n) is 18.2. The molecule has 1 aromatic heterocycles. The number of carbonyl (C=O) groups is 3. The third-order valence-corrected chi connectivity index (χ3v) is 6.25. The zero-order chi connectivity index (χ0) is 23.4. The first kappa shape index (κ1) is 22.4. The van der Waals surface area contributed by atoms with Crippen molar-refractivity contribution in [3.05, 3.63) is 59.1 Å². The Balaban J connectivity index is 1.41. The monoisotopic (exact) mass is 465 g/mol. The molecule has 2 heterocycles. The van der Waals surface area contributed by atoms with E-state index in [0.717, 1.165) is 11.4 Å². The van der Waals surface area contributed by atoms with Gasteiger partial charge in [0.15, 0.2) is 0 Å². The van der Waals surface area contributed by atoms with Crippen LogP contribution in [0.3, 0.4) is 0 Å². The number of hydrogen-bond donors (Lipinski definition) is 2. The summed E-state index contributed by atoms with van der Waals surface area (Å²) in [5.74, 6) is 0.153. The minimum Gasteiger partial charge on any atom is -0.497 e. The van der Waals surface area contributed by atoms with Crippen LogP contribution in [-0.4, -0.2) is 41.6 Å². The summed E-state index contributed by atoms with van der Waals surface area (Å²) in [5.41, 5.74) is 1.74. The molecule has 10 heteroatoms. The second kappa shape index (κ2) is 9.78. The number of nitrogens with one attached hydrogen (secondary N) is 2. The number of hydrogen-bond acceptors (Lipinski definition) is 7. The van der Waals surface area contributed by atoms with Gasteiger partial charge in [0, 0.05) is 42.2 Å². The zero-order valence-corrected chi connectivity index (χ0v) is 19.0. The Kier molecular flexibility index (Phi) is 6.64. The summed E-state index contributed by atoms with van der Waals surface area (Å²) in [6.45, 7) is 2.25. The van der Waals surface area contributed by atoms with Gasteiger partial charge in [-0.15, -0.1) is 10.2 Å². The Morgan fingerprint density at radius 1 is 1.15 bits per heavy atom. The lowest BCUT2D eigenvalue weighted by Gasteiger charge is -2.16. The van der Waals surface area contributed by atoms with Crippen molar-refractivity contribution in [2.24, 2.45) is 0 Å². The van der Waals surface area contributed by atoms with Gasteiger partial charge in [0.05, 0.1) is 7.11 Å². The van der Waals surface area contributed by atoms with E-state index in [2.05, 4.69) is 20.8 Å². The van der Waals surface area contributed by atoms with Crippen LogP contribution in [0.1, 0.15) is 41.0 Å². The topological polar surface area (TPSA) is 114 Å². The number of nitrogens with zero attached hydrogens (tertiary/aromatic N) is 3. The third kappa shape index (κ3) is 5.17. The highest BCUT2D eigenvalue weighted by molar-refractivity contribution is 7.15. The van der Waals surface area contributed by atoms with E-state index in [9.17, 15) is 14.4 Å². The van der Waals surface area contributed by atoms with Crippen LogP contribution in [0.25, 0.3) is 0 Å². The maximum atomic E-state index is 12.6. The summed E-state index contributed by atoms with van der Waals surface area (Å²) in [6, 6.07) is 14.0. The van der Waals surface area contributed by atoms with E-state index in [0.29, 0.717) is 40.8 Å². The van der Waals surface area contributed by atoms with Crippen LogP contribution in [0.4, 0.5) is 16.5 Å². The maximum Gasteiger partial charge on any atom is 0.257 e. The van der Waals surface area contributed by atoms with Crippen molar-refractivity contribution in [2.75, 3.05) is 29.2 Å². The smallest absolute Gasteiger partial charge is 0.257 e. The molecule has 1 saturated heterocycles. The van der Waals surface area contributed by atoms with Crippen LogP contribution in [0.15, 0.2) is 48.5 Å². The molecule has 0 spiro atoms. The van der Waals surface area contributed by atoms with E-state index >= 15 is 0 Å². The van der Waals surface area contributed by atoms with Crippen molar-refractivity contribution >= 4 is 45.6 Å². The van der Waals surface area contributed by atoms with Crippen molar-refractivity contribution in [1.82, 2.24) is 10.2 Å². The van der Waals surface area contributed by atoms with E-state index in [1.807, 2.05) is 24.3 Å². The van der Waals surface area contributed by atoms with Crippen LogP contribution in [-0.2, 0) is 9.59 Å². The number of carbonyl (C=O) groups excluding carboxylic acids is 3. The van der Waals surface area contributed by atoms with Gasteiger partial charge in [-0.3, -0.25) is 19.7 Å². The lowest BCUT2D eigenvalue weighted by atomic mass is 10.1. The van der Waals surface area contributed by atoms with Crippen molar-refractivity contribution in [2.45, 2.75) is 25.7 Å². The number of amides is 3. The Hall–Kier alpha value is -3.79. The highest BCUT2D eigenvalue weighted by Crippen LogP contribution is 2.34. The predicted molar refractivity (Wildman–Crippen MR) is 126 cm³/mol. The van der Waals surface area contributed by atoms with Gasteiger partial charge in [-0.25, -0.2) is 0 Å². The minimum atomic E-state index is -0.354. The molecule has 9 nitrogen and oxygen atoms in total. The van der Waals surface area contributed by atoms with E-state index in [4.69, 9.17) is 4.74 Å². The molecule has 3 aromatic rings. The molecule has 2 N–H and O–H groups in total. The first-order valence-electron chi connectivity index (χ1n) is 10.5. The van der Waals surface area contributed by atoms with Crippen LogP contribution < -0.4 is 20.3 Å². The molecule has 1 atom stereocenters. The summed E-state index contributed by atoms with van der Waals surface area (Å²) in [5, 5.41) is 14.8. The number of aromatic nitrogens is 2. The summed E-state index contributed by atoms with van der Waals surface area (Å²) in [7, 11) is 1.60. The van der Waals surface area contributed by atoms with E-state index < -0.39 is 0 Å². The fourth-order valence-corrected chi connectivity index (χ4v) is 4.32. The van der Waals surface area contributed by atoms with Gasteiger partial charge in [0.2, 0.25) is 16.9 Å². The number of methoxy groups -OCH3 is 1.